The molecule has 0 unspecified atom stereocenters. The van der Waals surface area contributed by atoms with Gasteiger partial charge in [-0.15, -0.1) is 0 Å². The first kappa shape index (κ1) is 20.9. The lowest BCUT2D eigenvalue weighted by molar-refractivity contribution is -0.384. The Balaban J connectivity index is 1.59. The largest absolute Gasteiger partial charge is 0.485 e. The Morgan fingerprint density at radius 2 is 1.93 bits per heavy atom. The Morgan fingerprint density at radius 3 is 2.60 bits per heavy atom. The summed E-state index contributed by atoms with van der Waals surface area (Å²) in [5, 5.41) is 14.8. The maximum absolute atomic E-state index is 12.1. The summed E-state index contributed by atoms with van der Waals surface area (Å²) in [7, 11) is 0. The minimum absolute atomic E-state index is 0.0818. The number of amidine groups is 1. The van der Waals surface area contributed by atoms with Crippen LogP contribution in [0, 0.1) is 17.0 Å². The van der Waals surface area contributed by atoms with E-state index in [2.05, 4.69) is 5.16 Å². The highest BCUT2D eigenvalue weighted by molar-refractivity contribution is 6.30. The molecular formula is C20H16ClN3O6. The monoisotopic (exact) mass is 429 g/mol. The Hall–Kier alpha value is -3.85. The molecule has 0 aliphatic carbocycles. The Morgan fingerprint density at radius 1 is 1.20 bits per heavy atom. The van der Waals surface area contributed by atoms with E-state index in [1.165, 1.54) is 30.3 Å². The number of furan rings is 1. The van der Waals surface area contributed by atoms with Crippen LogP contribution >= 0.6 is 11.6 Å². The molecule has 0 radical (unpaired) electrons. The molecule has 30 heavy (non-hydrogen) atoms. The lowest BCUT2D eigenvalue weighted by atomic mass is 10.2. The number of carbonyl (C=O) groups is 1. The van der Waals surface area contributed by atoms with Crippen LogP contribution in [0.1, 0.15) is 27.4 Å². The first-order valence-corrected chi connectivity index (χ1v) is 8.98. The molecule has 0 saturated carbocycles. The standard InChI is InChI=1S/C20H16ClN3O6/c1-12-10-14(21)4-8-17(12)28-11-16-7-9-18(29-16)20(25)30-23-19(22)13-2-5-15(6-3-13)24(26)27/h2-10H,11H2,1H3,(H2,22,23). The van der Waals surface area contributed by atoms with E-state index in [9.17, 15) is 14.9 Å². The molecule has 1 aromatic heterocycles. The molecule has 0 aliphatic heterocycles. The van der Waals surface area contributed by atoms with E-state index in [4.69, 9.17) is 31.3 Å². The van der Waals surface area contributed by atoms with Crippen molar-refractivity contribution in [1.82, 2.24) is 0 Å². The maximum atomic E-state index is 12.1. The number of nitrogens with two attached hydrogens (primary N) is 1. The number of nitro benzene ring substituents is 1. The number of ether oxygens (including phenoxy) is 1. The molecule has 154 valence electrons. The predicted molar refractivity (Wildman–Crippen MR) is 108 cm³/mol. The van der Waals surface area contributed by atoms with Crippen molar-refractivity contribution in [3.8, 4) is 5.75 Å². The van der Waals surface area contributed by atoms with Crippen molar-refractivity contribution in [2.24, 2.45) is 10.9 Å². The van der Waals surface area contributed by atoms with Crippen molar-refractivity contribution in [2.45, 2.75) is 13.5 Å². The quantitative estimate of drug-likeness (QED) is 0.196. The average Bonchev–Trinajstić information content (AvgIpc) is 3.20. The van der Waals surface area contributed by atoms with Gasteiger partial charge in [0, 0.05) is 22.7 Å². The SMILES string of the molecule is Cc1cc(Cl)ccc1OCc1ccc(C(=O)O/N=C(\N)c2ccc([N+](=O)[O-])cc2)o1. The number of rotatable bonds is 7. The van der Waals surface area contributed by atoms with Gasteiger partial charge in [-0.2, -0.15) is 0 Å². The zero-order chi connectivity index (χ0) is 21.7. The van der Waals surface area contributed by atoms with Gasteiger partial charge in [-0.05, 0) is 55.0 Å². The maximum Gasteiger partial charge on any atom is 0.400 e. The number of nitrogens with zero attached hydrogens (tertiary/aromatic N) is 2. The number of hydrogen-bond acceptors (Lipinski definition) is 7. The van der Waals surface area contributed by atoms with Crippen molar-refractivity contribution < 1.29 is 23.7 Å². The lowest BCUT2D eigenvalue weighted by Crippen LogP contribution is -2.15. The van der Waals surface area contributed by atoms with Crippen LogP contribution in [0.5, 0.6) is 5.75 Å². The lowest BCUT2D eigenvalue weighted by Gasteiger charge is -2.07. The fraction of sp³-hybridized carbons (Fsp3) is 0.100. The first-order valence-electron chi connectivity index (χ1n) is 8.61. The third-order valence-electron chi connectivity index (χ3n) is 3.97. The van der Waals surface area contributed by atoms with Gasteiger partial charge in [0.1, 0.15) is 18.1 Å². The van der Waals surface area contributed by atoms with Gasteiger partial charge < -0.3 is 19.7 Å². The van der Waals surface area contributed by atoms with E-state index in [0.29, 0.717) is 22.1 Å². The van der Waals surface area contributed by atoms with E-state index >= 15 is 0 Å². The van der Waals surface area contributed by atoms with Gasteiger partial charge in [-0.25, -0.2) is 4.79 Å². The number of oxime groups is 1. The molecule has 0 saturated heterocycles. The fourth-order valence-electron chi connectivity index (χ4n) is 2.43. The number of aryl methyl sites for hydroxylation is 1. The number of hydrogen-bond donors (Lipinski definition) is 1. The van der Waals surface area contributed by atoms with Crippen molar-refractivity contribution in [3.63, 3.8) is 0 Å². The molecule has 0 amide bonds. The van der Waals surface area contributed by atoms with Crippen molar-refractivity contribution in [2.75, 3.05) is 0 Å². The minimum atomic E-state index is -0.853. The normalized spacial score (nSPS) is 11.2. The molecule has 0 spiro atoms. The van der Waals surface area contributed by atoms with Crippen LogP contribution in [0.3, 0.4) is 0 Å². The summed E-state index contributed by atoms with van der Waals surface area (Å²) in [4.78, 5) is 27.0. The highest BCUT2D eigenvalue weighted by Gasteiger charge is 2.15. The number of benzene rings is 2. The van der Waals surface area contributed by atoms with Crippen LogP contribution in [0.15, 0.2) is 64.2 Å². The summed E-state index contributed by atoms with van der Waals surface area (Å²) in [6.07, 6.45) is 0. The third-order valence-corrected chi connectivity index (χ3v) is 4.21. The Kier molecular flexibility index (Phi) is 6.33. The summed E-state index contributed by atoms with van der Waals surface area (Å²) < 4.78 is 11.1. The fourth-order valence-corrected chi connectivity index (χ4v) is 2.66. The number of halogens is 1. The summed E-state index contributed by atoms with van der Waals surface area (Å²) in [5.41, 5.74) is 6.86. The molecule has 10 heteroatoms. The number of carbonyl (C=O) groups excluding carboxylic acids is 1. The van der Waals surface area contributed by atoms with E-state index in [1.54, 1.807) is 24.3 Å². The Labute approximate surface area is 175 Å². The van der Waals surface area contributed by atoms with Gasteiger partial charge in [-0.3, -0.25) is 10.1 Å². The van der Waals surface area contributed by atoms with Crippen LogP contribution in [-0.2, 0) is 11.4 Å². The zero-order valence-corrected chi connectivity index (χ0v) is 16.5. The van der Waals surface area contributed by atoms with Crippen molar-refractivity contribution in [3.05, 3.63) is 92.4 Å². The van der Waals surface area contributed by atoms with Gasteiger partial charge in [0.15, 0.2) is 5.84 Å². The molecule has 2 N–H and O–H groups in total. The van der Waals surface area contributed by atoms with Crippen LogP contribution in [0.4, 0.5) is 5.69 Å². The van der Waals surface area contributed by atoms with Gasteiger partial charge in [0.05, 0.1) is 4.92 Å². The van der Waals surface area contributed by atoms with E-state index in [0.717, 1.165) is 5.56 Å². The van der Waals surface area contributed by atoms with Crippen molar-refractivity contribution in [1.29, 1.82) is 0 Å². The highest BCUT2D eigenvalue weighted by atomic mass is 35.5. The van der Waals surface area contributed by atoms with E-state index in [1.807, 2.05) is 6.92 Å². The molecule has 0 atom stereocenters. The second kappa shape index (κ2) is 9.10. The van der Waals surface area contributed by atoms with Crippen LogP contribution in [0.25, 0.3) is 0 Å². The number of non-ortho nitro benzene ring substituents is 1. The molecule has 3 rings (SSSR count). The highest BCUT2D eigenvalue weighted by Crippen LogP contribution is 2.23. The summed E-state index contributed by atoms with van der Waals surface area (Å²) >= 11 is 5.91. The minimum Gasteiger partial charge on any atom is -0.485 e. The molecule has 3 aromatic rings. The van der Waals surface area contributed by atoms with Crippen molar-refractivity contribution >= 4 is 29.1 Å². The molecular weight excluding hydrogens is 414 g/mol. The third kappa shape index (κ3) is 5.15. The van der Waals surface area contributed by atoms with Crippen LogP contribution < -0.4 is 10.5 Å². The van der Waals surface area contributed by atoms with Gasteiger partial charge in [0.2, 0.25) is 5.76 Å². The summed E-state index contributed by atoms with van der Waals surface area (Å²) in [6, 6.07) is 13.5. The molecule has 0 bridgehead atoms. The average molecular weight is 430 g/mol. The van der Waals surface area contributed by atoms with Gasteiger partial charge in [-0.1, -0.05) is 16.8 Å². The summed E-state index contributed by atoms with van der Waals surface area (Å²) in [6.45, 7) is 1.96. The smallest absolute Gasteiger partial charge is 0.400 e. The molecule has 0 aliphatic rings. The van der Waals surface area contributed by atoms with Crippen LogP contribution in [-0.4, -0.2) is 16.7 Å². The molecule has 1 heterocycles. The number of nitro groups is 1. The van der Waals surface area contributed by atoms with Gasteiger partial charge in [0.25, 0.3) is 5.69 Å². The van der Waals surface area contributed by atoms with Gasteiger partial charge >= 0.3 is 5.97 Å². The molecule has 9 nitrogen and oxygen atoms in total. The van der Waals surface area contributed by atoms with E-state index in [-0.39, 0.29) is 23.9 Å². The predicted octanol–water partition coefficient (Wildman–Crippen LogP) is 4.21. The second-order valence-corrected chi connectivity index (χ2v) is 6.56. The Bertz CT molecular complexity index is 1110. The summed E-state index contributed by atoms with van der Waals surface area (Å²) in [5.74, 6) is -0.00828. The second-order valence-electron chi connectivity index (χ2n) is 6.12. The molecule has 0 fully saturated rings. The molecule has 2 aromatic carbocycles. The van der Waals surface area contributed by atoms with E-state index < -0.39 is 10.9 Å². The van der Waals surface area contributed by atoms with Crippen LogP contribution in [0.2, 0.25) is 5.02 Å². The first-order chi connectivity index (χ1) is 14.3. The zero-order valence-electron chi connectivity index (χ0n) is 15.7. The topological polar surface area (TPSA) is 130 Å².